The molecule has 1 aliphatic heterocycles. The third kappa shape index (κ3) is 6.19. The quantitative estimate of drug-likeness (QED) is 0.469. The Labute approximate surface area is 151 Å². The summed E-state index contributed by atoms with van der Waals surface area (Å²) >= 11 is 0. The van der Waals surface area contributed by atoms with E-state index in [1.54, 1.807) is 12.4 Å². The number of anilines is 1. The predicted molar refractivity (Wildman–Crippen MR) is 107 cm³/mol. The van der Waals surface area contributed by atoms with Gasteiger partial charge in [0.15, 0.2) is 0 Å². The third-order valence-corrected chi connectivity index (χ3v) is 4.31. The average molecular weight is 339 g/mol. The fourth-order valence-corrected chi connectivity index (χ4v) is 2.79. The van der Waals surface area contributed by atoms with Gasteiger partial charge in [-0.15, -0.1) is 0 Å². The molecule has 5 nitrogen and oxygen atoms in total. The van der Waals surface area contributed by atoms with Crippen molar-refractivity contribution in [3.05, 3.63) is 54.5 Å². The van der Waals surface area contributed by atoms with Gasteiger partial charge >= 0.3 is 0 Å². The van der Waals surface area contributed by atoms with Crippen LogP contribution in [0.3, 0.4) is 0 Å². The van der Waals surface area contributed by atoms with Gasteiger partial charge in [0.1, 0.15) is 0 Å². The summed E-state index contributed by atoms with van der Waals surface area (Å²) in [4.78, 5) is 6.79. The van der Waals surface area contributed by atoms with E-state index in [0.717, 1.165) is 36.6 Å². The summed E-state index contributed by atoms with van der Waals surface area (Å²) in [7, 11) is 1.97. The van der Waals surface area contributed by atoms with Crippen LogP contribution in [-0.2, 0) is 0 Å². The van der Waals surface area contributed by atoms with Crippen LogP contribution in [0.2, 0.25) is 0 Å². The molecule has 1 saturated heterocycles. The number of piperidine rings is 1. The molecule has 1 fully saturated rings. The molecule has 1 aliphatic rings. The zero-order valence-corrected chi connectivity index (χ0v) is 15.4. The summed E-state index contributed by atoms with van der Waals surface area (Å²) in [6.45, 7) is 9.07. The van der Waals surface area contributed by atoms with Crippen LogP contribution in [0.15, 0.2) is 53.9 Å². The Kier molecular flexibility index (Phi) is 7.41. The smallest absolute Gasteiger partial charge is 0.0660 e. The third-order valence-electron chi connectivity index (χ3n) is 4.31. The van der Waals surface area contributed by atoms with E-state index < -0.39 is 0 Å². The summed E-state index contributed by atoms with van der Waals surface area (Å²) in [5.41, 5.74) is 9.43. The topological polar surface area (TPSA) is 57.8 Å². The molecule has 0 amide bonds. The van der Waals surface area contributed by atoms with E-state index >= 15 is 0 Å². The van der Waals surface area contributed by atoms with Crippen molar-refractivity contribution in [1.29, 1.82) is 0 Å². The normalized spacial score (nSPS) is 17.0. The number of hydrogen-bond donors (Lipinski definition) is 1. The van der Waals surface area contributed by atoms with E-state index in [-0.39, 0.29) is 0 Å². The van der Waals surface area contributed by atoms with Gasteiger partial charge in [-0.3, -0.25) is 14.9 Å². The molecule has 0 bridgehead atoms. The summed E-state index contributed by atoms with van der Waals surface area (Å²) in [6.07, 6.45) is 13.2. The lowest BCUT2D eigenvalue weighted by Crippen LogP contribution is -2.34. The first-order chi connectivity index (χ1) is 12.1. The lowest BCUT2D eigenvalue weighted by Gasteiger charge is -2.29. The first-order valence-electron chi connectivity index (χ1n) is 8.80. The molecule has 0 aromatic carbocycles. The molecule has 5 heteroatoms. The van der Waals surface area contributed by atoms with E-state index in [2.05, 4.69) is 21.6 Å². The molecule has 0 aliphatic carbocycles. The maximum absolute atomic E-state index is 5.67. The van der Waals surface area contributed by atoms with E-state index in [4.69, 9.17) is 5.73 Å². The molecule has 2 heterocycles. The minimum Gasteiger partial charge on any atom is -0.397 e. The molecule has 2 rings (SSSR count). The molecule has 2 N–H and O–H groups in total. The lowest BCUT2D eigenvalue weighted by molar-refractivity contribution is 0.227. The monoisotopic (exact) mass is 339 g/mol. The molecule has 0 unspecified atom stereocenters. The molecule has 0 saturated carbocycles. The molecule has 0 spiro atoms. The van der Waals surface area contributed by atoms with E-state index in [9.17, 15) is 0 Å². The zero-order valence-electron chi connectivity index (χ0n) is 15.4. The Morgan fingerprint density at radius 3 is 2.72 bits per heavy atom. The number of allylic oxidation sites excluding steroid dienone is 4. The van der Waals surface area contributed by atoms with Crippen LogP contribution in [0, 0.1) is 0 Å². The number of aromatic nitrogens is 1. The number of pyridine rings is 1. The Hall–Kier alpha value is -2.40. The van der Waals surface area contributed by atoms with E-state index in [0.29, 0.717) is 5.69 Å². The number of hydrogen-bond acceptors (Lipinski definition) is 5. The minimum atomic E-state index is 0.668. The lowest BCUT2D eigenvalue weighted by atomic mass is 10.1. The molecule has 25 heavy (non-hydrogen) atoms. The number of nitrogens with two attached hydrogens (primary N) is 1. The first kappa shape index (κ1) is 18.9. The largest absolute Gasteiger partial charge is 0.397 e. The average Bonchev–Trinajstić information content (AvgIpc) is 2.62. The van der Waals surface area contributed by atoms with Gasteiger partial charge in [0, 0.05) is 19.8 Å². The van der Waals surface area contributed by atoms with Crippen LogP contribution < -0.4 is 5.73 Å². The van der Waals surface area contributed by atoms with Crippen LogP contribution in [0.25, 0.3) is 5.57 Å². The van der Waals surface area contributed by atoms with Gasteiger partial charge in [-0.25, -0.2) is 0 Å². The van der Waals surface area contributed by atoms with E-state index in [1.807, 2.05) is 49.3 Å². The van der Waals surface area contributed by atoms with Gasteiger partial charge in [-0.2, -0.15) is 5.10 Å². The number of rotatable bonds is 7. The molecule has 134 valence electrons. The van der Waals surface area contributed by atoms with Crippen LogP contribution in [-0.4, -0.2) is 47.8 Å². The molecular formula is C20H29N5. The van der Waals surface area contributed by atoms with Crippen molar-refractivity contribution < 1.29 is 0 Å². The van der Waals surface area contributed by atoms with Crippen LogP contribution in [0.1, 0.15) is 31.9 Å². The number of nitrogens with zero attached hydrogens (tertiary/aromatic N) is 4. The van der Waals surface area contributed by atoms with Gasteiger partial charge in [-0.05, 0) is 62.7 Å². The predicted octanol–water partition coefficient (Wildman–Crippen LogP) is 3.54. The van der Waals surface area contributed by atoms with Crippen molar-refractivity contribution >= 4 is 17.5 Å². The standard InChI is InChI=1S/C20H29N5/c1-4-8-19(16-25-13-6-5-7-14-25)24(3)23-12-11-17(2)20-10-9-18(21)15-22-20/h4,8-12,15H,1,5-7,13-14,16,21H2,2-3H3/b17-11+,19-8-,23-12-. The fraction of sp³-hybridized carbons (Fsp3) is 0.400. The van der Waals surface area contributed by atoms with Gasteiger partial charge in [0.2, 0.25) is 0 Å². The molecule has 0 radical (unpaired) electrons. The summed E-state index contributed by atoms with van der Waals surface area (Å²) < 4.78 is 0. The highest BCUT2D eigenvalue weighted by molar-refractivity contribution is 5.82. The second-order valence-corrected chi connectivity index (χ2v) is 6.35. The second kappa shape index (κ2) is 9.79. The van der Waals surface area contributed by atoms with Gasteiger partial charge in [-0.1, -0.05) is 19.1 Å². The Morgan fingerprint density at radius 2 is 2.08 bits per heavy atom. The van der Waals surface area contributed by atoms with Crippen LogP contribution >= 0.6 is 0 Å². The van der Waals surface area contributed by atoms with Crippen molar-refractivity contribution in [2.45, 2.75) is 26.2 Å². The fourth-order valence-electron chi connectivity index (χ4n) is 2.79. The SMILES string of the molecule is C=C/C=C(/CN1CCCCC1)N(C)/N=C\C=C(/C)c1ccc(N)cn1. The zero-order chi connectivity index (χ0) is 18.1. The molecule has 0 atom stereocenters. The van der Waals surface area contributed by atoms with Gasteiger partial charge in [0.25, 0.3) is 0 Å². The molecule has 1 aromatic heterocycles. The molecule has 1 aromatic rings. The number of likely N-dealkylation sites (tertiary alicyclic amines) is 1. The number of nitrogen functional groups attached to an aromatic ring is 1. The Balaban J connectivity index is 1.98. The van der Waals surface area contributed by atoms with E-state index in [1.165, 1.54) is 19.3 Å². The Bertz CT molecular complexity index is 637. The first-order valence-corrected chi connectivity index (χ1v) is 8.80. The van der Waals surface area contributed by atoms with Crippen molar-refractivity contribution in [3.63, 3.8) is 0 Å². The van der Waals surface area contributed by atoms with Crippen LogP contribution in [0.5, 0.6) is 0 Å². The summed E-state index contributed by atoms with van der Waals surface area (Å²) in [6, 6.07) is 3.77. The van der Waals surface area contributed by atoms with Crippen molar-refractivity contribution in [2.24, 2.45) is 5.10 Å². The minimum absolute atomic E-state index is 0.668. The van der Waals surface area contributed by atoms with Crippen molar-refractivity contribution in [2.75, 3.05) is 32.4 Å². The Morgan fingerprint density at radius 1 is 1.32 bits per heavy atom. The van der Waals surface area contributed by atoms with Crippen molar-refractivity contribution in [1.82, 2.24) is 14.9 Å². The number of likely N-dealkylation sites (N-methyl/N-ethyl adjacent to an activating group) is 1. The maximum atomic E-state index is 5.67. The van der Waals surface area contributed by atoms with Crippen LogP contribution in [0.4, 0.5) is 5.69 Å². The highest BCUT2D eigenvalue weighted by Crippen LogP contribution is 2.14. The maximum Gasteiger partial charge on any atom is 0.0660 e. The molecular weight excluding hydrogens is 310 g/mol. The second-order valence-electron chi connectivity index (χ2n) is 6.35. The number of hydrazone groups is 1. The summed E-state index contributed by atoms with van der Waals surface area (Å²) in [5.74, 6) is 0. The van der Waals surface area contributed by atoms with Crippen molar-refractivity contribution in [3.8, 4) is 0 Å². The summed E-state index contributed by atoms with van der Waals surface area (Å²) in [5, 5.41) is 6.44. The van der Waals surface area contributed by atoms with Gasteiger partial charge < -0.3 is 5.73 Å². The van der Waals surface area contributed by atoms with Gasteiger partial charge in [0.05, 0.1) is 23.3 Å². The highest BCUT2D eigenvalue weighted by Gasteiger charge is 2.13. The highest BCUT2D eigenvalue weighted by atomic mass is 15.4.